The molecule has 5 rings (SSSR count). The lowest BCUT2D eigenvalue weighted by Crippen LogP contribution is -2.39. The Morgan fingerprint density at radius 1 is 0.577 bits per heavy atom. The fourth-order valence-electron chi connectivity index (χ4n) is 7.24. The van der Waals surface area contributed by atoms with Gasteiger partial charge in [0.15, 0.2) is 11.0 Å². The molecule has 2 aliphatic heterocycles. The zero-order valence-corrected chi connectivity index (χ0v) is 34.6. The number of carbonyl (C=O) groups excluding carboxylic acids is 1. The SMILES string of the molecule is CCCCCCCCCCCCc1ccc2c(c1)N=c1c(c3c(n1C(=O)OC(C)(C)C)=Nc1cc(CCCCCCCCCCCC)ccc1S3)S2. The van der Waals surface area contributed by atoms with Crippen LogP contribution in [-0.4, -0.2) is 16.3 Å². The summed E-state index contributed by atoms with van der Waals surface area (Å²) in [5.41, 5.74) is 5.14. The van der Waals surface area contributed by atoms with Crippen LogP contribution in [0.2, 0.25) is 0 Å². The molecule has 0 saturated heterocycles. The number of benzene rings is 2. The molecule has 0 saturated carbocycles. The molecule has 1 aromatic heterocycles. The molecule has 2 aromatic carbocycles. The molecule has 0 unspecified atom stereocenters. The van der Waals surface area contributed by atoms with Crippen LogP contribution >= 0.6 is 23.5 Å². The number of hydrogen-bond donors (Lipinski definition) is 0. The van der Waals surface area contributed by atoms with Gasteiger partial charge in [0.1, 0.15) is 5.60 Å². The molecule has 0 radical (unpaired) electrons. The summed E-state index contributed by atoms with van der Waals surface area (Å²) < 4.78 is 7.59. The summed E-state index contributed by atoms with van der Waals surface area (Å²) >= 11 is 3.41. The maximum Gasteiger partial charge on any atom is 0.422 e. The van der Waals surface area contributed by atoms with E-state index in [0.29, 0.717) is 11.0 Å². The van der Waals surface area contributed by atoms with E-state index in [0.717, 1.165) is 43.8 Å². The highest BCUT2D eigenvalue weighted by Gasteiger charge is 2.31. The first-order chi connectivity index (χ1) is 25.3. The number of carbonyl (C=O) groups is 1. The van der Waals surface area contributed by atoms with Gasteiger partial charge in [-0.25, -0.2) is 19.3 Å². The maximum absolute atomic E-state index is 13.9. The van der Waals surface area contributed by atoms with Crippen LogP contribution in [0.5, 0.6) is 0 Å². The Morgan fingerprint density at radius 2 is 0.942 bits per heavy atom. The molecular formula is C45H65N3O2S2. The predicted octanol–water partition coefficient (Wildman–Crippen LogP) is 14.0. The Hall–Kier alpha value is -2.51. The molecule has 284 valence electrons. The van der Waals surface area contributed by atoms with Crippen molar-refractivity contribution < 1.29 is 9.53 Å². The number of unbranched alkanes of at least 4 members (excludes halogenated alkanes) is 18. The summed E-state index contributed by atoms with van der Waals surface area (Å²) in [6, 6.07) is 13.4. The average molecular weight is 744 g/mol. The van der Waals surface area contributed by atoms with E-state index >= 15 is 0 Å². The van der Waals surface area contributed by atoms with E-state index in [9.17, 15) is 4.79 Å². The number of fused-ring (bicyclic) bond motifs is 5. The van der Waals surface area contributed by atoms with Gasteiger partial charge < -0.3 is 4.74 Å². The molecule has 0 N–H and O–H groups in total. The van der Waals surface area contributed by atoms with Crippen molar-refractivity contribution in [1.29, 1.82) is 0 Å². The van der Waals surface area contributed by atoms with Crippen LogP contribution in [0.15, 0.2) is 66.0 Å². The lowest BCUT2D eigenvalue weighted by molar-refractivity contribution is 0.0523. The first-order valence-corrected chi connectivity index (χ1v) is 22.5. The van der Waals surface area contributed by atoms with Gasteiger partial charge in [-0.05, 0) is 81.8 Å². The second kappa shape index (κ2) is 20.8. The van der Waals surface area contributed by atoms with Crippen LogP contribution in [0.3, 0.4) is 0 Å². The monoisotopic (exact) mass is 743 g/mol. The molecule has 2 aliphatic rings. The highest BCUT2D eigenvalue weighted by atomic mass is 32.2. The van der Waals surface area contributed by atoms with Crippen LogP contribution < -0.4 is 11.0 Å². The average Bonchev–Trinajstić information content (AvgIpc) is 3.42. The smallest absolute Gasteiger partial charge is 0.422 e. The van der Waals surface area contributed by atoms with Crippen molar-refractivity contribution in [2.75, 3.05) is 0 Å². The van der Waals surface area contributed by atoms with E-state index < -0.39 is 11.7 Å². The minimum Gasteiger partial charge on any atom is -0.443 e. The first-order valence-electron chi connectivity index (χ1n) is 20.8. The largest absolute Gasteiger partial charge is 0.443 e. The molecule has 5 nitrogen and oxygen atoms in total. The standard InChI is InChI=1S/C45H65N3O2S2/c1-6-8-10-12-14-16-18-20-22-24-26-34-28-30-38-36(32-34)46-42-40(51-38)41-43(48(42)44(49)50-45(3,4)5)47-37-33-35(29-31-39(37)52-41)27-25-23-21-19-17-15-13-11-9-7-2/h28-33H,6-27H2,1-5H3. The molecular weight excluding hydrogens is 679 g/mol. The summed E-state index contributed by atoms with van der Waals surface area (Å²) in [5, 5.41) is 0. The second-order valence-electron chi connectivity index (χ2n) is 16.0. The van der Waals surface area contributed by atoms with Gasteiger partial charge in [0, 0.05) is 9.79 Å². The fraction of sp³-hybridized carbons (Fsp3) is 0.622. The minimum absolute atomic E-state index is 0.423. The molecule has 0 atom stereocenters. The fourth-order valence-corrected chi connectivity index (χ4v) is 9.44. The number of aryl methyl sites for hydroxylation is 2. The van der Waals surface area contributed by atoms with Crippen molar-refractivity contribution in [3.63, 3.8) is 0 Å². The molecule has 0 bridgehead atoms. The molecule has 3 heterocycles. The molecule has 0 aliphatic carbocycles. The van der Waals surface area contributed by atoms with Crippen molar-refractivity contribution in [1.82, 2.24) is 4.57 Å². The summed E-state index contributed by atoms with van der Waals surface area (Å²) in [6.07, 6.45) is 28.5. The Morgan fingerprint density at radius 3 is 1.31 bits per heavy atom. The van der Waals surface area contributed by atoms with Gasteiger partial charge in [0.05, 0.1) is 21.2 Å². The van der Waals surface area contributed by atoms with E-state index in [1.165, 1.54) is 140 Å². The topological polar surface area (TPSA) is 56.0 Å². The van der Waals surface area contributed by atoms with Gasteiger partial charge in [-0.15, -0.1) is 0 Å². The van der Waals surface area contributed by atoms with Gasteiger partial charge >= 0.3 is 6.09 Å². The summed E-state index contributed by atoms with van der Waals surface area (Å²) in [7, 11) is 0. The Labute approximate surface area is 323 Å². The van der Waals surface area contributed by atoms with E-state index in [-0.39, 0.29) is 0 Å². The lowest BCUT2D eigenvalue weighted by atomic mass is 10.0. The van der Waals surface area contributed by atoms with Crippen LogP contribution in [0.1, 0.15) is 174 Å². The third-order valence-corrected chi connectivity index (χ3v) is 12.6. The van der Waals surface area contributed by atoms with Crippen LogP contribution in [0, 0.1) is 0 Å². The van der Waals surface area contributed by atoms with Crippen LogP contribution in [-0.2, 0) is 17.6 Å². The van der Waals surface area contributed by atoms with Crippen LogP contribution in [0.4, 0.5) is 16.2 Å². The van der Waals surface area contributed by atoms with Crippen LogP contribution in [0.25, 0.3) is 0 Å². The summed E-state index contributed by atoms with van der Waals surface area (Å²) in [5.74, 6) is 0. The van der Waals surface area contributed by atoms with Gasteiger partial charge in [0.2, 0.25) is 0 Å². The molecule has 3 aromatic rings. The molecule has 0 fully saturated rings. The van der Waals surface area contributed by atoms with E-state index in [1.54, 1.807) is 28.1 Å². The number of ether oxygens (including phenoxy) is 1. The van der Waals surface area contributed by atoms with Gasteiger partial charge in [-0.2, -0.15) is 0 Å². The molecule has 7 heteroatoms. The zero-order chi connectivity index (χ0) is 36.8. The third kappa shape index (κ3) is 12.0. The van der Waals surface area contributed by atoms with Crippen molar-refractivity contribution in [2.24, 2.45) is 9.98 Å². The molecule has 0 amide bonds. The number of hydrogen-bond acceptors (Lipinski definition) is 6. The van der Waals surface area contributed by atoms with E-state index in [1.807, 2.05) is 20.8 Å². The Kier molecular flexibility index (Phi) is 16.3. The van der Waals surface area contributed by atoms with Crippen molar-refractivity contribution in [2.45, 2.75) is 201 Å². The number of aromatic nitrogens is 1. The Bertz CT molecular complexity index is 1610. The second-order valence-corrected chi connectivity index (χ2v) is 18.1. The maximum atomic E-state index is 13.9. The van der Waals surface area contributed by atoms with Crippen molar-refractivity contribution in [3.05, 3.63) is 58.5 Å². The van der Waals surface area contributed by atoms with Crippen molar-refractivity contribution in [3.8, 4) is 0 Å². The normalized spacial score (nSPS) is 13.1. The Balaban J connectivity index is 1.26. The summed E-state index contributed by atoms with van der Waals surface area (Å²) in [6.45, 7) is 10.3. The number of rotatable bonds is 22. The quantitative estimate of drug-likeness (QED) is 0.0662. The van der Waals surface area contributed by atoms with E-state index in [4.69, 9.17) is 14.7 Å². The molecule has 0 spiro atoms. The minimum atomic E-state index is -0.634. The zero-order valence-electron chi connectivity index (χ0n) is 33.0. The predicted molar refractivity (Wildman–Crippen MR) is 220 cm³/mol. The van der Waals surface area contributed by atoms with Gasteiger partial charge in [-0.1, -0.05) is 165 Å². The third-order valence-electron chi connectivity index (χ3n) is 10.2. The highest BCUT2D eigenvalue weighted by molar-refractivity contribution is 8.02. The van der Waals surface area contributed by atoms with Gasteiger partial charge in [-0.3, -0.25) is 0 Å². The lowest BCUT2D eigenvalue weighted by Gasteiger charge is -2.20. The molecule has 52 heavy (non-hydrogen) atoms. The highest BCUT2D eigenvalue weighted by Crippen LogP contribution is 2.45. The first kappa shape index (κ1) is 40.7. The van der Waals surface area contributed by atoms with Gasteiger partial charge in [0.25, 0.3) is 0 Å². The van der Waals surface area contributed by atoms with E-state index in [2.05, 4.69) is 50.2 Å². The number of nitrogens with zero attached hydrogens (tertiary/aromatic N) is 3. The van der Waals surface area contributed by atoms with Crippen molar-refractivity contribution >= 4 is 41.0 Å². The summed E-state index contributed by atoms with van der Waals surface area (Å²) in [4.78, 5) is 28.4.